The molecule has 0 heterocycles. The van der Waals surface area contributed by atoms with Gasteiger partial charge in [0, 0.05) is 5.57 Å². The molecule has 0 radical (unpaired) electrons. The first-order valence-electron chi connectivity index (χ1n) is 3.49. The van der Waals surface area contributed by atoms with Crippen molar-refractivity contribution in [2.45, 2.75) is 20.8 Å². The van der Waals surface area contributed by atoms with Gasteiger partial charge in [0.2, 0.25) is 0 Å². The van der Waals surface area contributed by atoms with Gasteiger partial charge in [-0.05, 0) is 32.4 Å². The van der Waals surface area contributed by atoms with E-state index in [0.717, 1.165) is 11.1 Å². The zero-order chi connectivity index (χ0) is 9.02. The molecule has 0 aromatic carbocycles. The number of hydrogen-bond donors (Lipinski definition) is 0. The van der Waals surface area contributed by atoms with Crippen LogP contribution in [-0.2, 0) is 4.79 Å². The fourth-order valence-electron chi connectivity index (χ4n) is 0.772. The molecule has 0 N–H and O–H groups in total. The average Bonchev–Trinajstić information content (AvgIpc) is 1.81. The molecular weight excluding hydrogens is 136 g/mol. The van der Waals surface area contributed by atoms with Crippen LogP contribution >= 0.6 is 0 Å². The van der Waals surface area contributed by atoms with Crippen LogP contribution in [-0.4, -0.2) is 5.78 Å². The van der Waals surface area contributed by atoms with Crippen LogP contribution in [0, 0.1) is 0 Å². The van der Waals surface area contributed by atoms with Crippen LogP contribution in [0.15, 0.2) is 36.0 Å². The van der Waals surface area contributed by atoms with Gasteiger partial charge in [0.1, 0.15) is 0 Å². The summed E-state index contributed by atoms with van der Waals surface area (Å²) in [6, 6.07) is 0. The Kier molecular flexibility index (Phi) is 3.52. The van der Waals surface area contributed by atoms with Gasteiger partial charge < -0.3 is 0 Å². The fraction of sp³-hybridized carbons (Fsp3) is 0.300. The van der Waals surface area contributed by atoms with Crippen LogP contribution in [0.2, 0.25) is 0 Å². The van der Waals surface area contributed by atoms with Gasteiger partial charge in [-0.2, -0.15) is 0 Å². The topological polar surface area (TPSA) is 17.1 Å². The molecule has 0 aromatic rings. The van der Waals surface area contributed by atoms with E-state index in [1.54, 1.807) is 6.08 Å². The Balaban J connectivity index is 4.75. The van der Waals surface area contributed by atoms with E-state index in [2.05, 4.69) is 13.2 Å². The average molecular weight is 150 g/mol. The highest BCUT2D eigenvalue weighted by atomic mass is 16.1. The van der Waals surface area contributed by atoms with Crippen LogP contribution < -0.4 is 0 Å². The van der Waals surface area contributed by atoms with E-state index in [4.69, 9.17) is 0 Å². The minimum atomic E-state index is 0.0421. The maximum absolute atomic E-state index is 11.0. The molecule has 1 heteroatoms. The second kappa shape index (κ2) is 3.91. The summed E-state index contributed by atoms with van der Waals surface area (Å²) in [5, 5.41) is 0. The zero-order valence-corrected chi connectivity index (χ0v) is 7.40. The molecule has 0 aliphatic carbocycles. The van der Waals surface area contributed by atoms with Gasteiger partial charge in [-0.15, -0.1) is 0 Å². The monoisotopic (exact) mass is 150 g/mol. The van der Waals surface area contributed by atoms with Crippen molar-refractivity contribution in [3.8, 4) is 0 Å². The third kappa shape index (κ3) is 3.56. The highest BCUT2D eigenvalue weighted by molar-refractivity contribution is 5.97. The predicted molar refractivity (Wildman–Crippen MR) is 48.4 cm³/mol. The molecule has 0 spiro atoms. The molecule has 0 aliphatic heterocycles. The van der Waals surface area contributed by atoms with Crippen molar-refractivity contribution in [3.05, 3.63) is 36.0 Å². The van der Waals surface area contributed by atoms with Crippen LogP contribution in [0.25, 0.3) is 0 Å². The molecule has 0 bridgehead atoms. The third-order valence-electron chi connectivity index (χ3n) is 1.23. The highest BCUT2D eigenvalue weighted by Crippen LogP contribution is 2.10. The van der Waals surface area contributed by atoms with Gasteiger partial charge in [0.25, 0.3) is 0 Å². The number of ketones is 1. The summed E-state index contributed by atoms with van der Waals surface area (Å²) in [5.41, 5.74) is 2.33. The van der Waals surface area contributed by atoms with Gasteiger partial charge >= 0.3 is 0 Å². The van der Waals surface area contributed by atoms with E-state index in [-0.39, 0.29) is 5.78 Å². The van der Waals surface area contributed by atoms with E-state index in [9.17, 15) is 4.79 Å². The normalized spacial score (nSPS) is 11.0. The molecule has 1 nitrogen and oxygen atoms in total. The van der Waals surface area contributed by atoms with Gasteiger partial charge in [-0.1, -0.05) is 18.7 Å². The molecule has 0 saturated carbocycles. The van der Waals surface area contributed by atoms with Crippen molar-refractivity contribution >= 4 is 5.78 Å². The maximum atomic E-state index is 11.0. The molecule has 0 rings (SSSR count). The number of hydrogen-bond acceptors (Lipinski definition) is 1. The number of Topliss-reactive ketones (excluding diaryl/α,β-unsaturated/α-hetero) is 1. The number of rotatable bonds is 3. The predicted octanol–water partition coefficient (Wildman–Crippen LogP) is 2.65. The minimum absolute atomic E-state index is 0.0421. The lowest BCUT2D eigenvalue weighted by molar-refractivity contribution is -0.113. The largest absolute Gasteiger partial charge is 0.295 e. The van der Waals surface area contributed by atoms with Crippen molar-refractivity contribution in [1.29, 1.82) is 0 Å². The minimum Gasteiger partial charge on any atom is -0.295 e. The summed E-state index contributed by atoms with van der Waals surface area (Å²) < 4.78 is 0. The van der Waals surface area contributed by atoms with Gasteiger partial charge in [0.15, 0.2) is 5.78 Å². The van der Waals surface area contributed by atoms with Crippen LogP contribution in [0.4, 0.5) is 0 Å². The molecule has 0 amide bonds. The number of carbonyl (C=O) groups excluding carboxylic acids is 1. The summed E-state index contributed by atoms with van der Waals surface area (Å²) in [6.07, 6.45) is 1.75. The molecule has 0 saturated heterocycles. The lowest BCUT2D eigenvalue weighted by Crippen LogP contribution is -1.97. The fourth-order valence-corrected chi connectivity index (χ4v) is 0.772. The van der Waals surface area contributed by atoms with Crippen molar-refractivity contribution < 1.29 is 4.79 Å². The summed E-state index contributed by atoms with van der Waals surface area (Å²) >= 11 is 0. The Morgan fingerprint density at radius 3 is 1.73 bits per heavy atom. The lowest BCUT2D eigenvalue weighted by Gasteiger charge is -2.00. The quantitative estimate of drug-likeness (QED) is 0.446. The van der Waals surface area contributed by atoms with Crippen LogP contribution in [0.5, 0.6) is 0 Å². The molecule has 0 aliphatic rings. The van der Waals surface area contributed by atoms with Gasteiger partial charge in [0.05, 0.1) is 0 Å². The van der Waals surface area contributed by atoms with Gasteiger partial charge in [-0.25, -0.2) is 0 Å². The molecule has 0 aromatic heterocycles. The van der Waals surface area contributed by atoms with E-state index in [1.807, 2.05) is 13.8 Å². The highest BCUT2D eigenvalue weighted by Gasteiger charge is 2.02. The lowest BCUT2D eigenvalue weighted by atomic mass is 10.0. The summed E-state index contributed by atoms with van der Waals surface area (Å²) in [7, 11) is 0. The van der Waals surface area contributed by atoms with E-state index >= 15 is 0 Å². The van der Waals surface area contributed by atoms with E-state index in [0.29, 0.717) is 5.57 Å². The Bertz CT molecular complexity index is 215. The molecule has 11 heavy (non-hydrogen) atoms. The number of carbonyl (C=O) groups is 1. The molecule has 60 valence electrons. The van der Waals surface area contributed by atoms with Crippen molar-refractivity contribution in [2.75, 3.05) is 0 Å². The first kappa shape index (κ1) is 9.89. The standard InChI is InChI=1S/C10H14O/c1-7(2)6-10(8(3)4)9(5)11/h6H,1,3H2,2,4-5H3/b10-6+. The van der Waals surface area contributed by atoms with Crippen molar-refractivity contribution in [3.63, 3.8) is 0 Å². The Morgan fingerprint density at radius 2 is 1.64 bits per heavy atom. The summed E-state index contributed by atoms with van der Waals surface area (Å²) in [6.45, 7) is 12.6. The maximum Gasteiger partial charge on any atom is 0.160 e. The molecular formula is C10H14O. The number of allylic oxidation sites excluding steroid dienone is 4. The second-order valence-electron chi connectivity index (χ2n) is 2.74. The van der Waals surface area contributed by atoms with Crippen LogP contribution in [0.1, 0.15) is 20.8 Å². The van der Waals surface area contributed by atoms with E-state index in [1.165, 1.54) is 6.92 Å². The summed E-state index contributed by atoms with van der Waals surface area (Å²) in [5.74, 6) is 0.0421. The Morgan fingerprint density at radius 1 is 1.18 bits per heavy atom. The van der Waals surface area contributed by atoms with Gasteiger partial charge in [-0.3, -0.25) is 4.79 Å². The second-order valence-corrected chi connectivity index (χ2v) is 2.74. The Hall–Kier alpha value is -1.11. The Labute approximate surface area is 68.1 Å². The molecule has 0 fully saturated rings. The van der Waals surface area contributed by atoms with E-state index < -0.39 is 0 Å². The first-order chi connectivity index (χ1) is 4.95. The first-order valence-corrected chi connectivity index (χ1v) is 3.49. The van der Waals surface area contributed by atoms with Crippen molar-refractivity contribution in [2.24, 2.45) is 0 Å². The molecule has 0 unspecified atom stereocenters. The smallest absolute Gasteiger partial charge is 0.160 e. The zero-order valence-electron chi connectivity index (χ0n) is 7.40. The summed E-state index contributed by atoms with van der Waals surface area (Å²) in [4.78, 5) is 11.0. The van der Waals surface area contributed by atoms with Crippen molar-refractivity contribution in [1.82, 2.24) is 0 Å². The third-order valence-corrected chi connectivity index (χ3v) is 1.23. The molecule has 0 atom stereocenters. The van der Waals surface area contributed by atoms with Crippen LogP contribution in [0.3, 0.4) is 0 Å². The SMILES string of the molecule is C=C(C)/C=C(\C(=C)C)C(C)=O.